The molecule has 1 unspecified atom stereocenters. The summed E-state index contributed by atoms with van der Waals surface area (Å²) in [6, 6.07) is 0. The van der Waals surface area contributed by atoms with E-state index in [1.807, 2.05) is 13.8 Å². The van der Waals surface area contributed by atoms with Crippen LogP contribution in [0.15, 0.2) is 24.8 Å². The van der Waals surface area contributed by atoms with E-state index in [2.05, 4.69) is 18.5 Å². The van der Waals surface area contributed by atoms with E-state index in [1.165, 1.54) is 0 Å². The molecule has 3 N–H and O–H groups in total. The van der Waals surface area contributed by atoms with Gasteiger partial charge in [-0.25, -0.2) is 0 Å². The molecule has 2 amide bonds. The Morgan fingerprint density at radius 1 is 1.41 bits per heavy atom. The third kappa shape index (κ3) is 5.33. The highest BCUT2D eigenvalue weighted by Crippen LogP contribution is 2.23. The van der Waals surface area contributed by atoms with Gasteiger partial charge in [-0.3, -0.25) is 9.59 Å². The molecule has 96 valence electrons. The van der Waals surface area contributed by atoms with Gasteiger partial charge in [0, 0.05) is 6.54 Å². The van der Waals surface area contributed by atoms with Crippen LogP contribution >= 0.6 is 0 Å². The van der Waals surface area contributed by atoms with Crippen LogP contribution in [0.5, 0.6) is 0 Å². The van der Waals surface area contributed by atoms with E-state index in [9.17, 15) is 9.59 Å². The summed E-state index contributed by atoms with van der Waals surface area (Å²) in [5, 5.41) is 2.72. The van der Waals surface area contributed by atoms with Crippen molar-refractivity contribution in [3.8, 4) is 0 Å². The summed E-state index contributed by atoms with van der Waals surface area (Å²) < 4.78 is 0. The summed E-state index contributed by atoms with van der Waals surface area (Å²) in [5.41, 5.74) is 6.19. The first-order valence-electron chi connectivity index (χ1n) is 5.76. The predicted octanol–water partition coefficient (Wildman–Crippen LogP) is 1.38. The van der Waals surface area contributed by atoms with E-state index in [0.717, 1.165) is 5.57 Å². The molecule has 0 aliphatic carbocycles. The van der Waals surface area contributed by atoms with Gasteiger partial charge in [0.15, 0.2) is 0 Å². The molecule has 0 radical (unpaired) electrons. The maximum Gasteiger partial charge on any atom is 0.224 e. The molecule has 4 heteroatoms. The second kappa shape index (κ2) is 7.65. The Morgan fingerprint density at radius 3 is 2.35 bits per heavy atom. The Morgan fingerprint density at radius 2 is 2.00 bits per heavy atom. The Kier molecular flexibility index (Phi) is 6.94. The molecule has 0 aromatic carbocycles. The van der Waals surface area contributed by atoms with Gasteiger partial charge in [0.05, 0.1) is 11.8 Å². The second-order valence-electron chi connectivity index (χ2n) is 4.20. The standard InChI is InChI=1S/C13H22N2O2/c1-5-7-10(12(14)16)11(8-9(3)4)13(17)15-6-2/h5,10-11H,1,3,6-8H2,2,4H3,(H2,14,16)(H,15,17)/t10-,11?/m0/s1. The van der Waals surface area contributed by atoms with Crippen molar-refractivity contribution in [2.45, 2.75) is 26.7 Å². The second-order valence-corrected chi connectivity index (χ2v) is 4.20. The van der Waals surface area contributed by atoms with E-state index in [0.29, 0.717) is 19.4 Å². The number of carbonyl (C=O) groups is 2. The highest BCUT2D eigenvalue weighted by Gasteiger charge is 2.30. The first-order chi connectivity index (χ1) is 7.93. The van der Waals surface area contributed by atoms with E-state index >= 15 is 0 Å². The van der Waals surface area contributed by atoms with Crippen LogP contribution in [-0.4, -0.2) is 18.4 Å². The third-order valence-electron chi connectivity index (χ3n) is 2.53. The number of hydrogen-bond acceptors (Lipinski definition) is 2. The summed E-state index contributed by atoms with van der Waals surface area (Å²) in [6.45, 7) is 11.6. The minimum atomic E-state index is -0.518. The van der Waals surface area contributed by atoms with Gasteiger partial charge in [-0.05, 0) is 26.7 Å². The highest BCUT2D eigenvalue weighted by molar-refractivity contribution is 5.87. The van der Waals surface area contributed by atoms with Gasteiger partial charge in [0.1, 0.15) is 0 Å². The molecule has 0 fully saturated rings. The Bertz CT molecular complexity index is 311. The van der Waals surface area contributed by atoms with Crippen molar-refractivity contribution in [3.05, 3.63) is 24.8 Å². The largest absolute Gasteiger partial charge is 0.369 e. The maximum absolute atomic E-state index is 11.9. The zero-order valence-electron chi connectivity index (χ0n) is 10.7. The van der Waals surface area contributed by atoms with E-state index in [-0.39, 0.29) is 5.91 Å². The number of carbonyl (C=O) groups excluding carboxylic acids is 2. The summed E-state index contributed by atoms with van der Waals surface area (Å²) in [4.78, 5) is 23.3. The van der Waals surface area contributed by atoms with Gasteiger partial charge in [-0.2, -0.15) is 0 Å². The van der Waals surface area contributed by atoms with Crippen molar-refractivity contribution in [1.82, 2.24) is 5.32 Å². The van der Waals surface area contributed by atoms with Gasteiger partial charge >= 0.3 is 0 Å². The van der Waals surface area contributed by atoms with Crippen LogP contribution in [0.2, 0.25) is 0 Å². The molecule has 0 bridgehead atoms. The highest BCUT2D eigenvalue weighted by atomic mass is 16.2. The van der Waals surface area contributed by atoms with Crippen LogP contribution in [0.4, 0.5) is 0 Å². The molecule has 0 aliphatic heterocycles. The zero-order chi connectivity index (χ0) is 13.4. The predicted molar refractivity (Wildman–Crippen MR) is 69.1 cm³/mol. The summed E-state index contributed by atoms with van der Waals surface area (Å²) in [6.07, 6.45) is 2.48. The van der Waals surface area contributed by atoms with Crippen LogP contribution in [0.25, 0.3) is 0 Å². The van der Waals surface area contributed by atoms with Crippen molar-refractivity contribution in [2.75, 3.05) is 6.54 Å². The van der Waals surface area contributed by atoms with Crippen LogP contribution in [0.3, 0.4) is 0 Å². The lowest BCUT2D eigenvalue weighted by atomic mass is 9.83. The lowest BCUT2D eigenvalue weighted by molar-refractivity contribution is -0.133. The molecule has 0 heterocycles. The first-order valence-corrected chi connectivity index (χ1v) is 5.76. The average molecular weight is 238 g/mol. The van der Waals surface area contributed by atoms with Crippen molar-refractivity contribution in [1.29, 1.82) is 0 Å². The van der Waals surface area contributed by atoms with Crippen molar-refractivity contribution in [2.24, 2.45) is 17.6 Å². The van der Waals surface area contributed by atoms with Crippen LogP contribution in [0.1, 0.15) is 26.7 Å². The molecule has 0 saturated carbocycles. The van der Waals surface area contributed by atoms with Gasteiger partial charge in [-0.15, -0.1) is 13.2 Å². The SMILES string of the molecule is C=CC[C@H](C(N)=O)C(CC(=C)C)C(=O)NCC. The number of nitrogens with one attached hydrogen (secondary N) is 1. The van der Waals surface area contributed by atoms with E-state index in [1.54, 1.807) is 6.08 Å². The van der Waals surface area contributed by atoms with Crippen LogP contribution in [0, 0.1) is 11.8 Å². The molecule has 0 rings (SSSR count). The minimum absolute atomic E-state index is 0.152. The first kappa shape index (κ1) is 15.4. The van der Waals surface area contributed by atoms with Gasteiger partial charge in [0.25, 0.3) is 0 Å². The van der Waals surface area contributed by atoms with Gasteiger partial charge < -0.3 is 11.1 Å². The molecule has 0 aliphatic rings. The number of allylic oxidation sites excluding steroid dienone is 2. The minimum Gasteiger partial charge on any atom is -0.369 e. The smallest absolute Gasteiger partial charge is 0.224 e. The molecule has 17 heavy (non-hydrogen) atoms. The van der Waals surface area contributed by atoms with E-state index < -0.39 is 17.7 Å². The number of primary amides is 1. The number of hydrogen-bond donors (Lipinski definition) is 2. The number of rotatable bonds is 8. The van der Waals surface area contributed by atoms with Crippen molar-refractivity contribution < 1.29 is 9.59 Å². The Labute approximate surface area is 103 Å². The fourth-order valence-electron chi connectivity index (χ4n) is 1.76. The quantitative estimate of drug-likeness (QED) is 0.627. The molecule has 0 spiro atoms. The van der Waals surface area contributed by atoms with Crippen molar-refractivity contribution >= 4 is 11.8 Å². The van der Waals surface area contributed by atoms with Gasteiger partial charge in [0.2, 0.25) is 11.8 Å². The van der Waals surface area contributed by atoms with Crippen LogP contribution < -0.4 is 11.1 Å². The normalized spacial score (nSPS) is 13.5. The summed E-state index contributed by atoms with van der Waals surface area (Å²) in [5.74, 6) is -1.60. The Hall–Kier alpha value is -1.58. The van der Waals surface area contributed by atoms with Crippen molar-refractivity contribution in [3.63, 3.8) is 0 Å². The zero-order valence-corrected chi connectivity index (χ0v) is 10.7. The Balaban J connectivity index is 4.96. The summed E-state index contributed by atoms with van der Waals surface area (Å²) in [7, 11) is 0. The lowest BCUT2D eigenvalue weighted by Gasteiger charge is -2.23. The molecule has 0 aromatic rings. The lowest BCUT2D eigenvalue weighted by Crippen LogP contribution is -2.40. The molecule has 0 aromatic heterocycles. The van der Waals surface area contributed by atoms with Crippen LogP contribution in [-0.2, 0) is 9.59 Å². The van der Waals surface area contributed by atoms with Gasteiger partial charge in [-0.1, -0.05) is 11.6 Å². The molecule has 0 saturated heterocycles. The molecule has 4 nitrogen and oxygen atoms in total. The number of amides is 2. The van der Waals surface area contributed by atoms with E-state index in [4.69, 9.17) is 5.73 Å². The number of nitrogens with two attached hydrogens (primary N) is 1. The molecular weight excluding hydrogens is 216 g/mol. The monoisotopic (exact) mass is 238 g/mol. The third-order valence-corrected chi connectivity index (χ3v) is 2.53. The fraction of sp³-hybridized carbons (Fsp3) is 0.538. The summed E-state index contributed by atoms with van der Waals surface area (Å²) >= 11 is 0. The fourth-order valence-corrected chi connectivity index (χ4v) is 1.76. The molecule has 2 atom stereocenters. The molecular formula is C13H22N2O2. The average Bonchev–Trinajstić information content (AvgIpc) is 2.22. The maximum atomic E-state index is 11.9. The topological polar surface area (TPSA) is 72.2 Å².